The maximum atomic E-state index is 12.9. The van der Waals surface area contributed by atoms with Crippen LogP contribution in [0.4, 0.5) is 22.0 Å². The number of hydroxylamine groups is 2. The number of carboxylic acid groups (broad SMARTS) is 1. The number of Topliss-reactive ketones (excluding diaryl/α,β-unsaturated/α-hetero) is 1. The number of hydrogen-bond acceptors (Lipinski definition) is 12. The number of hydrogen-bond donors (Lipinski definition) is 4. The monoisotopic (exact) mass is 1290 g/mol. The molecule has 488 valence electrons. The van der Waals surface area contributed by atoms with Crippen LogP contribution in [-0.4, -0.2) is 80.1 Å². The Balaban J connectivity index is 0.000000187. The maximum Gasteiger partial charge on any atom is 0.341 e. The van der Waals surface area contributed by atoms with Gasteiger partial charge in [-0.2, -0.15) is 0 Å². The van der Waals surface area contributed by atoms with Crippen LogP contribution in [0.2, 0.25) is 0 Å². The number of carbonyl (C=O) groups excluding carboxylic acids is 2. The molecule has 0 unspecified atom stereocenters. The number of aryl methyl sites for hydroxylation is 4. The number of nitrogens with zero attached hydrogens (tertiary/aromatic N) is 6. The Morgan fingerprint density at radius 3 is 0.883 bits per heavy atom. The van der Waals surface area contributed by atoms with Gasteiger partial charge in [0.1, 0.15) is 40.2 Å². The molecular weight excluding hydrogens is 1230 g/mol. The molecule has 94 heavy (non-hydrogen) atoms. The van der Waals surface area contributed by atoms with E-state index in [-0.39, 0.29) is 73.6 Å². The van der Waals surface area contributed by atoms with E-state index in [1.165, 1.54) is 117 Å². The second-order valence-corrected chi connectivity index (χ2v) is 21.4. The highest BCUT2D eigenvalue weighted by Gasteiger charge is 2.18. The third-order valence-corrected chi connectivity index (χ3v) is 13.8. The van der Waals surface area contributed by atoms with Crippen LogP contribution in [-0.2, 0) is 37.6 Å². The van der Waals surface area contributed by atoms with Gasteiger partial charge in [0.15, 0.2) is 39.3 Å². The molecule has 10 aromatic rings. The topological polar surface area (TPSA) is 255 Å². The fourth-order valence-electron chi connectivity index (χ4n) is 8.97. The van der Waals surface area contributed by atoms with Crippen molar-refractivity contribution < 1.29 is 61.6 Å². The SMILES string of the molecule is CC(=O)c1cn(Cc2ccc(F)cc2)cc(C)c1=O.CON(C)C(=O)c1cn(Cc2ccc(F)cc2)cc(C)c1=O.Cc1cn(Cc2ccc(F)cc2)cc(C(=O)O)c1=O.Cc1cn(Cc2ccc(F)cc2)cc(O)c1=O.O=c1c(O)cn(Cc2ccc(F)cc2)cc1O. The predicted octanol–water partition coefficient (Wildman–Crippen LogP) is 10.1. The molecule has 0 radical (unpaired) electrons. The number of halogens is 5. The zero-order valence-electron chi connectivity index (χ0n) is 51.9. The quantitative estimate of drug-likeness (QED) is 0.0450. The lowest BCUT2D eigenvalue weighted by Crippen LogP contribution is -2.31. The van der Waals surface area contributed by atoms with E-state index in [4.69, 9.17) is 9.94 Å². The van der Waals surface area contributed by atoms with Gasteiger partial charge in [-0.05, 0) is 123 Å². The van der Waals surface area contributed by atoms with E-state index in [0.717, 1.165) is 32.9 Å². The Morgan fingerprint density at radius 1 is 0.372 bits per heavy atom. The average Bonchev–Trinajstić information content (AvgIpc) is 0.914. The lowest BCUT2D eigenvalue weighted by atomic mass is 10.1. The minimum Gasteiger partial charge on any atom is -0.503 e. The number of aromatic carboxylic acids is 1. The number of ketones is 1. The van der Waals surface area contributed by atoms with Crippen LogP contribution in [0.5, 0.6) is 17.2 Å². The van der Waals surface area contributed by atoms with Crippen molar-refractivity contribution in [2.45, 2.75) is 67.3 Å². The van der Waals surface area contributed by atoms with Gasteiger partial charge in [-0.15, -0.1) is 0 Å². The van der Waals surface area contributed by atoms with Crippen molar-refractivity contribution in [2.24, 2.45) is 0 Å². The Bertz CT molecular complexity index is 4340. The molecule has 10 rings (SSSR count). The molecule has 0 aliphatic heterocycles. The van der Waals surface area contributed by atoms with Gasteiger partial charge in [0.25, 0.3) is 11.3 Å². The number of carboxylic acids is 1. The second-order valence-electron chi connectivity index (χ2n) is 21.4. The van der Waals surface area contributed by atoms with Crippen molar-refractivity contribution in [3.8, 4) is 17.2 Å². The largest absolute Gasteiger partial charge is 0.503 e. The average molecular weight is 1290 g/mol. The molecule has 4 N–H and O–H groups in total. The Morgan fingerprint density at radius 2 is 0.606 bits per heavy atom. The van der Waals surface area contributed by atoms with Gasteiger partial charge in [0.05, 0.1) is 31.3 Å². The number of amides is 1. The Kier molecular flexibility index (Phi) is 25.1. The normalized spacial score (nSPS) is 10.5. The van der Waals surface area contributed by atoms with Crippen LogP contribution < -0.4 is 27.1 Å². The number of aromatic hydroxyl groups is 3. The first-order chi connectivity index (χ1) is 44.5. The molecule has 0 spiro atoms. The first-order valence-corrected chi connectivity index (χ1v) is 28.4. The molecule has 0 saturated heterocycles. The zero-order chi connectivity index (χ0) is 69.1. The third kappa shape index (κ3) is 20.8. The summed E-state index contributed by atoms with van der Waals surface area (Å²) in [5.41, 5.74) is 3.83. The standard InChI is InChI=1S/C16H17FN2O3.C15H14FNO2.C14H12FNO3.C13H12FNO2.C12H10FNO3/c1-11-8-19(9-12-4-6-13(17)7-5-12)10-14(15(11)20)16(21)18(2)22-3;1-10-7-17(9-14(11(2)18)15(10)19)8-12-3-5-13(16)6-4-12;1-9-6-16(8-12(13(9)17)14(18)19)7-10-2-4-11(15)5-3-10;1-9-6-15(8-12(16)13(9)17)7-10-2-4-11(14)5-3-10;13-9-3-1-8(2-4-9)5-14-6-10(15)12(17)11(16)7-14/h4-8,10H,9H2,1-3H3;3-7,9H,8H2,1-2H3;2-6,8H,7H2,1H3,(H,18,19);2-6,8,16H,7H2,1H3;1-4,6-7,15-16H,5H2. The molecule has 19 nitrogen and oxygen atoms in total. The van der Waals surface area contributed by atoms with Gasteiger partial charge >= 0.3 is 5.97 Å². The number of rotatable bonds is 14. The predicted molar refractivity (Wildman–Crippen MR) is 341 cm³/mol. The van der Waals surface area contributed by atoms with Crippen molar-refractivity contribution in [1.82, 2.24) is 27.9 Å². The van der Waals surface area contributed by atoms with Crippen molar-refractivity contribution >= 4 is 17.7 Å². The summed E-state index contributed by atoms with van der Waals surface area (Å²) < 4.78 is 72.2. The minimum absolute atomic E-state index is 0.0338. The summed E-state index contributed by atoms with van der Waals surface area (Å²) in [5, 5.41) is 37.9. The van der Waals surface area contributed by atoms with Crippen molar-refractivity contribution in [2.75, 3.05) is 14.2 Å². The molecule has 24 heteroatoms. The molecule has 0 atom stereocenters. The molecule has 0 aliphatic rings. The van der Waals surface area contributed by atoms with Crippen LogP contribution in [0.1, 0.15) is 88.1 Å². The van der Waals surface area contributed by atoms with Crippen LogP contribution in [0.25, 0.3) is 0 Å². The van der Waals surface area contributed by atoms with E-state index in [2.05, 4.69) is 0 Å². The fraction of sp³-hybridized carbons (Fsp3) is 0.171. The van der Waals surface area contributed by atoms with E-state index in [9.17, 15) is 75.6 Å². The van der Waals surface area contributed by atoms with Crippen molar-refractivity contribution in [3.63, 3.8) is 0 Å². The Hall–Kier alpha value is -11.5. The third-order valence-electron chi connectivity index (χ3n) is 13.8. The van der Waals surface area contributed by atoms with Gasteiger partial charge in [-0.25, -0.2) is 31.8 Å². The first-order valence-electron chi connectivity index (χ1n) is 28.4. The van der Waals surface area contributed by atoms with Gasteiger partial charge in [0.2, 0.25) is 5.43 Å². The van der Waals surface area contributed by atoms with E-state index < -0.39 is 34.2 Å². The molecule has 0 aliphatic carbocycles. The lowest BCUT2D eigenvalue weighted by molar-refractivity contribution is -0.0758. The Labute approximate surface area is 534 Å². The number of aromatic nitrogens is 5. The van der Waals surface area contributed by atoms with Crippen molar-refractivity contribution in [3.05, 3.63) is 330 Å². The number of benzene rings is 5. The molecule has 0 saturated carbocycles. The highest BCUT2D eigenvalue weighted by atomic mass is 19.1. The first kappa shape index (κ1) is 71.5. The highest BCUT2D eigenvalue weighted by molar-refractivity contribution is 5.94. The number of pyridine rings is 5. The molecular formula is C70H65F5N6O13. The highest BCUT2D eigenvalue weighted by Crippen LogP contribution is 2.15. The number of carbonyl (C=O) groups is 3. The van der Waals surface area contributed by atoms with Crippen LogP contribution in [0.15, 0.2) is 207 Å². The summed E-state index contributed by atoms with van der Waals surface area (Å²) in [6, 6.07) is 30.0. The van der Waals surface area contributed by atoms with Gasteiger partial charge in [0, 0.05) is 105 Å². The minimum atomic E-state index is -1.25. The summed E-state index contributed by atoms with van der Waals surface area (Å²) in [6.07, 6.45) is 14.7. The maximum absolute atomic E-state index is 12.9. The molecule has 5 aromatic carbocycles. The van der Waals surface area contributed by atoms with Gasteiger partial charge < -0.3 is 43.3 Å². The van der Waals surface area contributed by atoms with E-state index >= 15 is 0 Å². The molecule has 1 amide bonds. The van der Waals surface area contributed by atoms with E-state index in [0.29, 0.717) is 55.0 Å². The summed E-state index contributed by atoms with van der Waals surface area (Å²) in [6.45, 7) is 10.00. The second kappa shape index (κ2) is 33.0. The van der Waals surface area contributed by atoms with Crippen LogP contribution >= 0.6 is 0 Å². The zero-order valence-corrected chi connectivity index (χ0v) is 51.9. The van der Waals surface area contributed by atoms with E-state index in [1.54, 1.807) is 138 Å². The van der Waals surface area contributed by atoms with Crippen molar-refractivity contribution in [1.29, 1.82) is 0 Å². The van der Waals surface area contributed by atoms with Gasteiger partial charge in [-0.3, -0.25) is 38.4 Å². The molecule has 5 heterocycles. The summed E-state index contributed by atoms with van der Waals surface area (Å²) in [5.74, 6) is -4.86. The molecule has 0 bridgehead atoms. The summed E-state index contributed by atoms with van der Waals surface area (Å²) in [4.78, 5) is 97.2. The summed E-state index contributed by atoms with van der Waals surface area (Å²) in [7, 11) is 2.79. The fourth-order valence-corrected chi connectivity index (χ4v) is 8.97. The van der Waals surface area contributed by atoms with Gasteiger partial charge in [-0.1, -0.05) is 60.7 Å². The van der Waals surface area contributed by atoms with E-state index in [1.807, 2.05) is 0 Å². The van der Waals surface area contributed by atoms with Crippen LogP contribution in [0.3, 0.4) is 0 Å². The molecule has 5 aromatic heterocycles. The molecule has 0 fully saturated rings. The lowest BCUT2D eigenvalue weighted by Gasteiger charge is -2.15. The van der Waals surface area contributed by atoms with Crippen LogP contribution in [0, 0.1) is 56.8 Å². The summed E-state index contributed by atoms with van der Waals surface area (Å²) >= 11 is 0. The smallest absolute Gasteiger partial charge is 0.341 e.